The van der Waals surface area contributed by atoms with E-state index in [0.29, 0.717) is 12.6 Å². The van der Waals surface area contributed by atoms with Crippen LogP contribution >= 0.6 is 11.6 Å². The van der Waals surface area contributed by atoms with Gasteiger partial charge in [-0.1, -0.05) is 25.3 Å². The molecule has 1 aromatic carbocycles. The first-order chi connectivity index (χ1) is 8.66. The number of rotatable bonds is 3. The maximum absolute atomic E-state index is 13.2. The lowest BCUT2D eigenvalue weighted by molar-refractivity contribution is 0.463. The van der Waals surface area contributed by atoms with Crippen molar-refractivity contribution in [1.82, 2.24) is 5.32 Å². The molecule has 1 nitrogen and oxygen atoms in total. The van der Waals surface area contributed by atoms with Crippen molar-refractivity contribution in [3.8, 4) is 0 Å². The summed E-state index contributed by atoms with van der Waals surface area (Å²) in [5.74, 6) is -0.166. The molecule has 1 N–H and O–H groups in total. The molecule has 100 valence electrons. The van der Waals surface area contributed by atoms with Gasteiger partial charge in [0.25, 0.3) is 0 Å². The van der Waals surface area contributed by atoms with Crippen molar-refractivity contribution in [3.63, 3.8) is 0 Å². The molecule has 18 heavy (non-hydrogen) atoms. The Balaban J connectivity index is 1.95. The molecule has 2 unspecified atom stereocenters. The molecule has 0 aliphatic heterocycles. The average molecular weight is 270 g/mol. The van der Waals surface area contributed by atoms with Crippen LogP contribution in [0.1, 0.15) is 43.2 Å². The van der Waals surface area contributed by atoms with Crippen LogP contribution < -0.4 is 5.32 Å². The number of halogens is 2. The number of nitrogens with one attached hydrogen (secondary N) is 1. The second kappa shape index (κ2) is 6.53. The Hall–Kier alpha value is -0.600. The molecule has 0 aromatic heterocycles. The molecule has 0 radical (unpaired) electrons. The van der Waals surface area contributed by atoms with Crippen molar-refractivity contribution in [2.75, 3.05) is 0 Å². The molecule has 1 fully saturated rings. The first-order valence-electron chi connectivity index (χ1n) is 6.79. The maximum atomic E-state index is 13.2. The largest absolute Gasteiger partial charge is 0.308 e. The summed E-state index contributed by atoms with van der Waals surface area (Å²) < 4.78 is 13.2. The summed E-state index contributed by atoms with van der Waals surface area (Å²) in [4.78, 5) is 0. The van der Waals surface area contributed by atoms with Gasteiger partial charge >= 0.3 is 0 Å². The van der Waals surface area contributed by atoms with Gasteiger partial charge in [0.2, 0.25) is 0 Å². The minimum atomic E-state index is -0.166. The molecule has 1 aliphatic carbocycles. The van der Waals surface area contributed by atoms with Crippen LogP contribution in [0, 0.1) is 12.7 Å². The summed E-state index contributed by atoms with van der Waals surface area (Å²) in [6.45, 7) is 2.72. The highest BCUT2D eigenvalue weighted by Gasteiger charge is 2.21. The monoisotopic (exact) mass is 269 g/mol. The zero-order chi connectivity index (χ0) is 13.0. The number of aryl methyl sites for hydroxylation is 1. The van der Waals surface area contributed by atoms with Crippen LogP contribution in [0.3, 0.4) is 0 Å². The van der Waals surface area contributed by atoms with Crippen LogP contribution in [0.2, 0.25) is 0 Å². The van der Waals surface area contributed by atoms with E-state index in [1.807, 2.05) is 13.0 Å². The molecule has 0 amide bonds. The third-order valence-electron chi connectivity index (χ3n) is 3.80. The quantitative estimate of drug-likeness (QED) is 0.642. The SMILES string of the molecule is Cc1ccc(F)cc1CNC1CCCCCC1Cl. The summed E-state index contributed by atoms with van der Waals surface area (Å²) in [6.07, 6.45) is 5.96. The first kappa shape index (κ1) is 13.8. The number of benzene rings is 1. The van der Waals surface area contributed by atoms with Crippen molar-refractivity contribution in [3.05, 3.63) is 35.1 Å². The fourth-order valence-corrected chi connectivity index (χ4v) is 2.93. The molecule has 2 atom stereocenters. The van der Waals surface area contributed by atoms with Gasteiger partial charge in [0.05, 0.1) is 0 Å². The summed E-state index contributed by atoms with van der Waals surface area (Å²) >= 11 is 6.39. The van der Waals surface area contributed by atoms with Crippen molar-refractivity contribution < 1.29 is 4.39 Å². The third kappa shape index (κ3) is 3.69. The third-order valence-corrected chi connectivity index (χ3v) is 4.32. The second-order valence-corrected chi connectivity index (χ2v) is 5.77. The molecule has 3 heteroatoms. The van der Waals surface area contributed by atoms with Gasteiger partial charge in [0.15, 0.2) is 0 Å². The van der Waals surface area contributed by atoms with Gasteiger partial charge in [-0.2, -0.15) is 0 Å². The highest BCUT2D eigenvalue weighted by Crippen LogP contribution is 2.23. The topological polar surface area (TPSA) is 12.0 Å². The molecule has 0 bridgehead atoms. The Labute approximate surface area is 114 Å². The standard InChI is InChI=1S/C15H21ClFN/c1-11-7-8-13(17)9-12(11)10-18-15-6-4-2-3-5-14(15)16/h7-9,14-15,18H,2-6,10H2,1H3. The lowest BCUT2D eigenvalue weighted by Crippen LogP contribution is -2.36. The van der Waals surface area contributed by atoms with E-state index in [9.17, 15) is 4.39 Å². The minimum Gasteiger partial charge on any atom is -0.308 e. The molecule has 0 saturated heterocycles. The number of hydrogen-bond acceptors (Lipinski definition) is 1. The van der Waals surface area contributed by atoms with E-state index in [-0.39, 0.29) is 11.2 Å². The minimum absolute atomic E-state index is 0.166. The Kier molecular flexibility index (Phi) is 5.02. The van der Waals surface area contributed by atoms with Crippen LogP contribution in [-0.2, 0) is 6.54 Å². The number of alkyl halides is 1. The molecular weight excluding hydrogens is 249 g/mol. The van der Waals surface area contributed by atoms with Crippen LogP contribution in [0.15, 0.2) is 18.2 Å². The average Bonchev–Trinajstić information content (AvgIpc) is 2.55. The van der Waals surface area contributed by atoms with Crippen LogP contribution in [0.4, 0.5) is 4.39 Å². The molecule has 1 aromatic rings. The van der Waals surface area contributed by atoms with Gasteiger partial charge in [0, 0.05) is 18.0 Å². The Morgan fingerprint density at radius 1 is 1.28 bits per heavy atom. The van der Waals surface area contributed by atoms with E-state index in [1.165, 1.54) is 25.3 Å². The fourth-order valence-electron chi connectivity index (χ4n) is 2.56. The van der Waals surface area contributed by atoms with E-state index >= 15 is 0 Å². The normalized spacial score (nSPS) is 24.8. The first-order valence-corrected chi connectivity index (χ1v) is 7.23. The molecule has 2 rings (SSSR count). The van der Waals surface area contributed by atoms with Gasteiger partial charge in [-0.15, -0.1) is 11.6 Å². The van der Waals surface area contributed by atoms with E-state index in [4.69, 9.17) is 11.6 Å². The zero-order valence-corrected chi connectivity index (χ0v) is 11.6. The predicted octanol–water partition coefficient (Wildman–Crippen LogP) is 4.16. The Morgan fingerprint density at radius 2 is 2.06 bits per heavy atom. The van der Waals surface area contributed by atoms with Crippen LogP contribution in [-0.4, -0.2) is 11.4 Å². The predicted molar refractivity (Wildman–Crippen MR) is 74.5 cm³/mol. The van der Waals surface area contributed by atoms with Crippen molar-refractivity contribution in [2.24, 2.45) is 0 Å². The van der Waals surface area contributed by atoms with Crippen LogP contribution in [0.5, 0.6) is 0 Å². The molecule has 0 heterocycles. The second-order valence-electron chi connectivity index (χ2n) is 5.21. The summed E-state index contributed by atoms with van der Waals surface area (Å²) in [6, 6.07) is 5.31. The smallest absolute Gasteiger partial charge is 0.123 e. The van der Waals surface area contributed by atoms with Crippen molar-refractivity contribution in [2.45, 2.75) is 57.0 Å². The van der Waals surface area contributed by atoms with Gasteiger partial charge in [0.1, 0.15) is 5.82 Å². The summed E-state index contributed by atoms with van der Waals surface area (Å²) in [5.41, 5.74) is 2.16. The lowest BCUT2D eigenvalue weighted by Gasteiger charge is -2.21. The van der Waals surface area contributed by atoms with Gasteiger partial charge < -0.3 is 5.32 Å². The Bertz CT molecular complexity index is 394. The lowest BCUT2D eigenvalue weighted by atomic mass is 10.1. The highest BCUT2D eigenvalue weighted by atomic mass is 35.5. The van der Waals surface area contributed by atoms with Crippen molar-refractivity contribution >= 4 is 11.6 Å². The fraction of sp³-hybridized carbons (Fsp3) is 0.600. The van der Waals surface area contributed by atoms with E-state index < -0.39 is 0 Å². The van der Waals surface area contributed by atoms with Gasteiger partial charge in [-0.3, -0.25) is 0 Å². The highest BCUT2D eigenvalue weighted by molar-refractivity contribution is 6.21. The van der Waals surface area contributed by atoms with E-state index in [1.54, 1.807) is 6.07 Å². The maximum Gasteiger partial charge on any atom is 0.123 e. The molecule has 0 spiro atoms. The summed E-state index contributed by atoms with van der Waals surface area (Å²) in [7, 11) is 0. The Morgan fingerprint density at radius 3 is 2.89 bits per heavy atom. The van der Waals surface area contributed by atoms with E-state index in [0.717, 1.165) is 24.0 Å². The molecule has 1 aliphatic rings. The summed E-state index contributed by atoms with van der Waals surface area (Å²) in [5, 5.41) is 3.71. The van der Waals surface area contributed by atoms with Crippen molar-refractivity contribution in [1.29, 1.82) is 0 Å². The zero-order valence-electron chi connectivity index (χ0n) is 10.9. The molecular formula is C15H21ClFN. The number of hydrogen-bond donors (Lipinski definition) is 1. The molecule has 1 saturated carbocycles. The van der Waals surface area contributed by atoms with Crippen LogP contribution in [0.25, 0.3) is 0 Å². The van der Waals surface area contributed by atoms with E-state index in [2.05, 4.69) is 5.32 Å². The van der Waals surface area contributed by atoms with Gasteiger partial charge in [-0.25, -0.2) is 4.39 Å². The van der Waals surface area contributed by atoms with Gasteiger partial charge in [-0.05, 0) is 43.0 Å².